The molecule has 0 spiro atoms. The predicted octanol–water partition coefficient (Wildman–Crippen LogP) is 0.133. The van der Waals surface area contributed by atoms with Crippen molar-refractivity contribution in [2.45, 2.75) is 0 Å². The predicted molar refractivity (Wildman–Crippen MR) is 57.9 cm³/mol. The van der Waals surface area contributed by atoms with Crippen LogP contribution in [0.2, 0.25) is 0 Å². The van der Waals surface area contributed by atoms with E-state index in [2.05, 4.69) is 51.2 Å². The molecule has 0 aliphatic carbocycles. The lowest BCUT2D eigenvalue weighted by atomic mass is 10.5. The summed E-state index contributed by atoms with van der Waals surface area (Å²) in [5.74, 6) is 2.31. The SMILES string of the molecule is c1n[nH]c(Nc2cc(Nc3ncn[nH]3)[nH]n2)n1. The first-order chi connectivity index (χ1) is 8.40. The second-order valence-electron chi connectivity index (χ2n) is 3.09. The number of hydrogen-bond donors (Lipinski definition) is 5. The maximum Gasteiger partial charge on any atom is 0.224 e. The molecule has 0 aliphatic heterocycles. The van der Waals surface area contributed by atoms with E-state index in [9.17, 15) is 0 Å². The van der Waals surface area contributed by atoms with Crippen molar-refractivity contribution >= 4 is 23.5 Å². The average molecular weight is 232 g/mol. The molecule has 0 unspecified atom stereocenters. The summed E-state index contributed by atoms with van der Waals surface area (Å²) in [6.45, 7) is 0. The summed E-state index contributed by atoms with van der Waals surface area (Å²) in [5, 5.41) is 25.4. The van der Waals surface area contributed by atoms with E-state index in [0.29, 0.717) is 23.5 Å². The molecule has 0 saturated heterocycles. The molecule has 86 valence electrons. The van der Waals surface area contributed by atoms with Gasteiger partial charge < -0.3 is 10.6 Å². The fraction of sp³-hybridized carbons (Fsp3) is 0. The molecule has 3 rings (SSSR count). The molecule has 3 aromatic rings. The molecule has 3 aromatic heterocycles. The van der Waals surface area contributed by atoms with E-state index in [4.69, 9.17) is 0 Å². The maximum atomic E-state index is 4.02. The molecule has 10 nitrogen and oxygen atoms in total. The summed E-state index contributed by atoms with van der Waals surface area (Å²) in [5.41, 5.74) is 0. The third-order valence-electron chi connectivity index (χ3n) is 1.91. The van der Waals surface area contributed by atoms with Crippen molar-refractivity contribution in [3.05, 3.63) is 18.7 Å². The largest absolute Gasteiger partial charge is 0.309 e. The van der Waals surface area contributed by atoms with Crippen LogP contribution in [0.15, 0.2) is 18.7 Å². The zero-order chi connectivity index (χ0) is 11.5. The van der Waals surface area contributed by atoms with Crippen molar-refractivity contribution in [1.29, 1.82) is 0 Å². The molecule has 0 amide bonds. The number of aromatic nitrogens is 8. The van der Waals surface area contributed by atoms with Gasteiger partial charge in [-0.1, -0.05) is 0 Å². The molecule has 0 atom stereocenters. The lowest BCUT2D eigenvalue weighted by Gasteiger charge is -1.95. The summed E-state index contributed by atoms with van der Waals surface area (Å²) in [6.07, 6.45) is 2.81. The minimum absolute atomic E-state index is 0.516. The first-order valence-electron chi connectivity index (χ1n) is 4.70. The highest BCUT2D eigenvalue weighted by atomic mass is 15.3. The first-order valence-corrected chi connectivity index (χ1v) is 4.70. The van der Waals surface area contributed by atoms with Crippen LogP contribution in [0.3, 0.4) is 0 Å². The van der Waals surface area contributed by atoms with E-state index in [1.807, 2.05) is 0 Å². The third kappa shape index (κ3) is 2.04. The van der Waals surface area contributed by atoms with Crippen LogP contribution in [0.1, 0.15) is 0 Å². The number of rotatable bonds is 4. The monoisotopic (exact) mass is 232 g/mol. The lowest BCUT2D eigenvalue weighted by molar-refractivity contribution is 1.06. The van der Waals surface area contributed by atoms with Gasteiger partial charge in [0, 0.05) is 6.07 Å². The topological polar surface area (TPSA) is 136 Å². The highest BCUT2D eigenvalue weighted by molar-refractivity contribution is 5.57. The smallest absolute Gasteiger partial charge is 0.224 e. The van der Waals surface area contributed by atoms with Crippen LogP contribution in [0, 0.1) is 0 Å². The van der Waals surface area contributed by atoms with Gasteiger partial charge in [0.1, 0.15) is 18.5 Å². The second kappa shape index (κ2) is 3.92. The lowest BCUT2D eigenvalue weighted by Crippen LogP contribution is -1.92. The van der Waals surface area contributed by atoms with Crippen molar-refractivity contribution in [2.24, 2.45) is 0 Å². The van der Waals surface area contributed by atoms with Gasteiger partial charge in [-0.05, 0) is 0 Å². The highest BCUT2D eigenvalue weighted by Crippen LogP contribution is 2.15. The molecule has 3 heterocycles. The zero-order valence-corrected chi connectivity index (χ0v) is 8.47. The average Bonchev–Trinajstić information content (AvgIpc) is 3.02. The Labute approximate surface area is 94.3 Å². The van der Waals surface area contributed by atoms with Crippen molar-refractivity contribution < 1.29 is 0 Å². The molecule has 10 heteroatoms. The standard InChI is InChI=1S/C7H8N10/c1-4(12-6-8-2-10-16-6)14-15-5(1)13-7-9-3-11-17-7/h1-3H,(H5,8,9,10,11,12,13,14,15,16,17). The third-order valence-corrected chi connectivity index (χ3v) is 1.91. The molecule has 5 N–H and O–H groups in total. The Balaban J connectivity index is 1.70. The quantitative estimate of drug-likeness (QED) is 0.431. The van der Waals surface area contributed by atoms with Crippen LogP contribution in [-0.4, -0.2) is 40.6 Å². The van der Waals surface area contributed by atoms with E-state index < -0.39 is 0 Å². The van der Waals surface area contributed by atoms with Gasteiger partial charge in [-0.2, -0.15) is 25.3 Å². The number of nitrogens with one attached hydrogen (secondary N) is 5. The van der Waals surface area contributed by atoms with Crippen LogP contribution in [-0.2, 0) is 0 Å². The maximum absolute atomic E-state index is 4.02. The zero-order valence-electron chi connectivity index (χ0n) is 8.47. The fourth-order valence-corrected chi connectivity index (χ4v) is 1.23. The normalized spacial score (nSPS) is 10.4. The summed E-state index contributed by atoms with van der Waals surface area (Å²) in [4.78, 5) is 7.84. The van der Waals surface area contributed by atoms with E-state index in [1.165, 1.54) is 12.7 Å². The Kier molecular flexibility index (Phi) is 2.15. The van der Waals surface area contributed by atoms with Crippen LogP contribution in [0.25, 0.3) is 0 Å². The molecule has 0 fully saturated rings. The van der Waals surface area contributed by atoms with Crippen LogP contribution in [0.5, 0.6) is 0 Å². The highest BCUT2D eigenvalue weighted by Gasteiger charge is 2.03. The van der Waals surface area contributed by atoms with Crippen molar-refractivity contribution in [1.82, 2.24) is 40.6 Å². The minimum atomic E-state index is 0.516. The van der Waals surface area contributed by atoms with Gasteiger partial charge in [0.2, 0.25) is 11.9 Å². The van der Waals surface area contributed by atoms with Gasteiger partial charge in [0.05, 0.1) is 0 Å². The van der Waals surface area contributed by atoms with Gasteiger partial charge in [0.25, 0.3) is 0 Å². The van der Waals surface area contributed by atoms with Crippen LogP contribution < -0.4 is 10.6 Å². The first kappa shape index (κ1) is 9.33. The summed E-state index contributed by atoms with van der Waals surface area (Å²) >= 11 is 0. The van der Waals surface area contributed by atoms with Gasteiger partial charge in [0.15, 0.2) is 5.82 Å². The molecule has 17 heavy (non-hydrogen) atoms. The Bertz CT molecular complexity index is 513. The van der Waals surface area contributed by atoms with Crippen LogP contribution >= 0.6 is 0 Å². The van der Waals surface area contributed by atoms with Crippen molar-refractivity contribution in [2.75, 3.05) is 10.6 Å². The van der Waals surface area contributed by atoms with Crippen molar-refractivity contribution in [3.8, 4) is 0 Å². The number of H-pyrrole nitrogens is 3. The number of nitrogens with zero attached hydrogens (tertiary/aromatic N) is 5. The van der Waals surface area contributed by atoms with Gasteiger partial charge in [-0.15, -0.1) is 0 Å². The number of hydrogen-bond acceptors (Lipinski definition) is 7. The molecule has 0 aliphatic rings. The van der Waals surface area contributed by atoms with E-state index in [1.54, 1.807) is 6.07 Å². The molecular formula is C7H8N10. The molecule has 0 bridgehead atoms. The summed E-state index contributed by atoms with van der Waals surface area (Å²) in [6, 6.07) is 1.76. The van der Waals surface area contributed by atoms with Crippen molar-refractivity contribution in [3.63, 3.8) is 0 Å². The molecule has 0 aromatic carbocycles. The number of anilines is 4. The van der Waals surface area contributed by atoms with Crippen LogP contribution in [0.4, 0.5) is 23.5 Å². The van der Waals surface area contributed by atoms with E-state index in [0.717, 1.165) is 0 Å². The number of aromatic amines is 3. The minimum Gasteiger partial charge on any atom is -0.309 e. The summed E-state index contributed by atoms with van der Waals surface area (Å²) < 4.78 is 0. The van der Waals surface area contributed by atoms with Gasteiger partial charge in [-0.25, -0.2) is 10.2 Å². The Morgan fingerprint density at radius 2 is 1.59 bits per heavy atom. The van der Waals surface area contributed by atoms with Gasteiger partial charge >= 0.3 is 0 Å². The molecule has 0 radical (unpaired) electrons. The Morgan fingerprint density at radius 3 is 2.24 bits per heavy atom. The molecule has 0 saturated carbocycles. The fourth-order valence-electron chi connectivity index (χ4n) is 1.23. The van der Waals surface area contributed by atoms with Gasteiger partial charge in [-0.3, -0.25) is 5.10 Å². The molecular weight excluding hydrogens is 224 g/mol. The van der Waals surface area contributed by atoms with E-state index >= 15 is 0 Å². The Hall–Kier alpha value is -2.91. The second-order valence-corrected chi connectivity index (χ2v) is 3.09. The Morgan fingerprint density at radius 1 is 0.882 bits per heavy atom. The van der Waals surface area contributed by atoms with E-state index in [-0.39, 0.29) is 0 Å². The summed E-state index contributed by atoms with van der Waals surface area (Å²) in [7, 11) is 0.